The molecule has 0 fully saturated rings. The number of aromatic nitrogens is 1. The fourth-order valence-electron chi connectivity index (χ4n) is 2.15. The summed E-state index contributed by atoms with van der Waals surface area (Å²) >= 11 is 0. The summed E-state index contributed by atoms with van der Waals surface area (Å²) in [5.41, 5.74) is 10.8. The van der Waals surface area contributed by atoms with Crippen LogP contribution in [0.2, 0.25) is 0 Å². The van der Waals surface area contributed by atoms with Crippen molar-refractivity contribution in [1.82, 2.24) is 4.98 Å². The van der Waals surface area contributed by atoms with Gasteiger partial charge in [0.05, 0.1) is 13.2 Å². The largest absolute Gasteiger partial charge is 0.481 e. The molecule has 0 aliphatic rings. The van der Waals surface area contributed by atoms with Gasteiger partial charge in [-0.05, 0) is 31.0 Å². The van der Waals surface area contributed by atoms with E-state index in [0.29, 0.717) is 5.88 Å². The van der Waals surface area contributed by atoms with Crippen LogP contribution < -0.4 is 10.5 Å². The molecule has 2 N–H and O–H groups in total. The minimum absolute atomic E-state index is 0.214. The molecule has 0 radical (unpaired) electrons. The molecule has 0 saturated carbocycles. The quantitative estimate of drug-likeness (QED) is 0.900. The summed E-state index contributed by atoms with van der Waals surface area (Å²) in [6, 6.07) is 9.90. The monoisotopic (exact) mass is 242 g/mol. The van der Waals surface area contributed by atoms with Crippen molar-refractivity contribution in [2.45, 2.75) is 19.9 Å². The molecular weight excluding hydrogens is 224 g/mol. The maximum atomic E-state index is 6.32. The van der Waals surface area contributed by atoms with Crippen molar-refractivity contribution >= 4 is 0 Å². The van der Waals surface area contributed by atoms with E-state index in [1.807, 2.05) is 12.1 Å². The summed E-state index contributed by atoms with van der Waals surface area (Å²) in [6.45, 7) is 4.15. The Labute approximate surface area is 108 Å². The second-order valence-corrected chi connectivity index (χ2v) is 4.44. The molecule has 0 amide bonds. The fourth-order valence-corrected chi connectivity index (χ4v) is 2.15. The summed E-state index contributed by atoms with van der Waals surface area (Å²) in [5.74, 6) is 0.588. The van der Waals surface area contributed by atoms with Crippen LogP contribution in [0.1, 0.15) is 28.3 Å². The van der Waals surface area contributed by atoms with Crippen LogP contribution in [0.15, 0.2) is 36.5 Å². The van der Waals surface area contributed by atoms with Gasteiger partial charge < -0.3 is 10.5 Å². The number of hydrogen-bond donors (Lipinski definition) is 1. The number of aryl methyl sites for hydroxylation is 2. The smallest absolute Gasteiger partial charge is 0.218 e. The molecule has 18 heavy (non-hydrogen) atoms. The van der Waals surface area contributed by atoms with Crippen LogP contribution in [-0.4, -0.2) is 12.1 Å². The second kappa shape index (κ2) is 5.19. The van der Waals surface area contributed by atoms with Crippen LogP contribution in [0.25, 0.3) is 0 Å². The third-order valence-electron chi connectivity index (χ3n) is 3.09. The highest BCUT2D eigenvalue weighted by Crippen LogP contribution is 2.28. The van der Waals surface area contributed by atoms with Crippen molar-refractivity contribution in [2.75, 3.05) is 7.11 Å². The van der Waals surface area contributed by atoms with Gasteiger partial charge in [0, 0.05) is 11.8 Å². The predicted molar refractivity (Wildman–Crippen MR) is 72.7 cm³/mol. The van der Waals surface area contributed by atoms with E-state index in [4.69, 9.17) is 10.5 Å². The van der Waals surface area contributed by atoms with Crippen LogP contribution >= 0.6 is 0 Å². The SMILES string of the molecule is COc1ncccc1C(N)c1ccc(C)cc1C. The van der Waals surface area contributed by atoms with E-state index in [9.17, 15) is 0 Å². The number of ether oxygens (including phenoxy) is 1. The summed E-state index contributed by atoms with van der Waals surface area (Å²) in [7, 11) is 1.61. The number of benzene rings is 1. The van der Waals surface area contributed by atoms with Gasteiger partial charge >= 0.3 is 0 Å². The normalized spacial score (nSPS) is 12.2. The van der Waals surface area contributed by atoms with E-state index < -0.39 is 0 Å². The first kappa shape index (κ1) is 12.6. The van der Waals surface area contributed by atoms with Gasteiger partial charge in [-0.25, -0.2) is 4.98 Å². The molecule has 0 bridgehead atoms. The molecule has 94 valence electrons. The average Bonchev–Trinajstić information content (AvgIpc) is 2.38. The highest BCUT2D eigenvalue weighted by atomic mass is 16.5. The minimum atomic E-state index is -0.214. The lowest BCUT2D eigenvalue weighted by molar-refractivity contribution is 0.390. The van der Waals surface area contributed by atoms with Gasteiger partial charge in [0.1, 0.15) is 0 Å². The molecule has 2 rings (SSSR count). The zero-order valence-corrected chi connectivity index (χ0v) is 11.0. The Balaban J connectivity index is 2.44. The van der Waals surface area contributed by atoms with Crippen molar-refractivity contribution in [1.29, 1.82) is 0 Å². The van der Waals surface area contributed by atoms with Crippen LogP contribution in [0.5, 0.6) is 5.88 Å². The van der Waals surface area contributed by atoms with Crippen molar-refractivity contribution < 1.29 is 4.74 Å². The first-order valence-electron chi connectivity index (χ1n) is 5.95. The molecule has 1 aromatic carbocycles. The third-order valence-corrected chi connectivity index (χ3v) is 3.09. The minimum Gasteiger partial charge on any atom is -0.481 e. The van der Waals surface area contributed by atoms with Gasteiger partial charge in [-0.3, -0.25) is 0 Å². The van der Waals surface area contributed by atoms with Gasteiger partial charge in [-0.15, -0.1) is 0 Å². The van der Waals surface area contributed by atoms with Gasteiger partial charge in [0.15, 0.2) is 0 Å². The molecule has 1 aromatic heterocycles. The third kappa shape index (κ3) is 2.36. The molecule has 2 aromatic rings. The maximum absolute atomic E-state index is 6.32. The van der Waals surface area contributed by atoms with E-state index in [2.05, 4.69) is 37.0 Å². The van der Waals surface area contributed by atoms with E-state index in [-0.39, 0.29) is 6.04 Å². The van der Waals surface area contributed by atoms with E-state index in [1.54, 1.807) is 13.3 Å². The number of rotatable bonds is 3. The Hall–Kier alpha value is -1.87. The molecule has 0 aliphatic carbocycles. The number of pyridine rings is 1. The molecular formula is C15H18N2O. The van der Waals surface area contributed by atoms with E-state index >= 15 is 0 Å². The van der Waals surface area contributed by atoms with Gasteiger partial charge in [-0.2, -0.15) is 0 Å². The second-order valence-electron chi connectivity index (χ2n) is 4.44. The van der Waals surface area contributed by atoms with Crippen molar-refractivity contribution in [3.63, 3.8) is 0 Å². The molecule has 1 heterocycles. The van der Waals surface area contributed by atoms with Crippen molar-refractivity contribution in [3.8, 4) is 5.88 Å². The Kier molecular flexibility index (Phi) is 3.63. The lowest BCUT2D eigenvalue weighted by atomic mass is 9.95. The molecule has 0 saturated heterocycles. The summed E-state index contributed by atoms with van der Waals surface area (Å²) < 4.78 is 5.26. The van der Waals surface area contributed by atoms with Crippen LogP contribution in [0, 0.1) is 13.8 Å². The lowest BCUT2D eigenvalue weighted by Gasteiger charge is -2.17. The van der Waals surface area contributed by atoms with Crippen LogP contribution in [0.4, 0.5) is 0 Å². The van der Waals surface area contributed by atoms with Crippen molar-refractivity contribution in [3.05, 3.63) is 58.8 Å². The Morgan fingerprint density at radius 3 is 2.61 bits per heavy atom. The standard InChI is InChI=1S/C15H18N2O/c1-10-6-7-12(11(2)9-10)14(16)13-5-4-8-17-15(13)18-3/h4-9,14H,16H2,1-3H3. The highest BCUT2D eigenvalue weighted by molar-refractivity contribution is 5.41. The predicted octanol–water partition coefficient (Wildman–Crippen LogP) is 2.76. The molecule has 1 atom stereocenters. The van der Waals surface area contributed by atoms with Crippen LogP contribution in [0.3, 0.4) is 0 Å². The lowest BCUT2D eigenvalue weighted by Crippen LogP contribution is -2.15. The van der Waals surface area contributed by atoms with Gasteiger partial charge in [0.25, 0.3) is 0 Å². The Morgan fingerprint density at radius 2 is 1.94 bits per heavy atom. The van der Waals surface area contributed by atoms with Gasteiger partial charge in [0.2, 0.25) is 5.88 Å². The Bertz CT molecular complexity index is 552. The molecule has 0 spiro atoms. The topological polar surface area (TPSA) is 48.1 Å². The van der Waals surface area contributed by atoms with E-state index in [1.165, 1.54) is 11.1 Å². The van der Waals surface area contributed by atoms with Crippen LogP contribution in [-0.2, 0) is 0 Å². The number of hydrogen-bond acceptors (Lipinski definition) is 3. The molecule has 3 heteroatoms. The van der Waals surface area contributed by atoms with Gasteiger partial charge in [-0.1, -0.05) is 29.8 Å². The highest BCUT2D eigenvalue weighted by Gasteiger charge is 2.16. The molecule has 0 aliphatic heterocycles. The first-order valence-corrected chi connectivity index (χ1v) is 5.95. The summed E-state index contributed by atoms with van der Waals surface area (Å²) in [4.78, 5) is 4.19. The van der Waals surface area contributed by atoms with Crippen molar-refractivity contribution in [2.24, 2.45) is 5.73 Å². The fraction of sp³-hybridized carbons (Fsp3) is 0.267. The average molecular weight is 242 g/mol. The molecule has 3 nitrogen and oxygen atoms in total. The number of nitrogens with zero attached hydrogens (tertiary/aromatic N) is 1. The summed E-state index contributed by atoms with van der Waals surface area (Å²) in [5, 5.41) is 0. The zero-order chi connectivity index (χ0) is 13.1. The zero-order valence-electron chi connectivity index (χ0n) is 11.0. The molecule has 1 unspecified atom stereocenters. The Morgan fingerprint density at radius 1 is 1.17 bits per heavy atom. The number of nitrogens with two attached hydrogens (primary N) is 1. The maximum Gasteiger partial charge on any atom is 0.218 e. The van der Waals surface area contributed by atoms with E-state index in [0.717, 1.165) is 11.1 Å². The first-order chi connectivity index (χ1) is 8.63. The summed E-state index contributed by atoms with van der Waals surface area (Å²) in [6.07, 6.45) is 1.71. The number of methoxy groups -OCH3 is 1.